The fraction of sp³-hybridized carbons (Fsp3) is 0.826. The van der Waals surface area contributed by atoms with Crippen molar-refractivity contribution < 1.29 is 0 Å². The summed E-state index contributed by atoms with van der Waals surface area (Å²) < 4.78 is 0. The minimum atomic E-state index is 0.397. The summed E-state index contributed by atoms with van der Waals surface area (Å²) in [5.41, 5.74) is 0. The van der Waals surface area contributed by atoms with E-state index in [2.05, 4.69) is 52.2 Å². The summed E-state index contributed by atoms with van der Waals surface area (Å²) in [4.78, 5) is 2.78. The fourth-order valence-electron chi connectivity index (χ4n) is 3.55. The summed E-state index contributed by atoms with van der Waals surface area (Å²) in [6.07, 6.45) is 31.6. The van der Waals surface area contributed by atoms with E-state index in [4.69, 9.17) is 0 Å². The van der Waals surface area contributed by atoms with Gasteiger partial charge in [0.05, 0.1) is 0 Å². The molecule has 0 aliphatic carbocycles. The Bertz CT molecular complexity index is 337. The summed E-state index contributed by atoms with van der Waals surface area (Å²) >= 11 is 3.69. The first-order valence-electron chi connectivity index (χ1n) is 11.1. The second kappa shape index (κ2) is 17.2. The van der Waals surface area contributed by atoms with Gasteiger partial charge in [-0.2, -0.15) is 0 Å². The molecule has 0 aromatic carbocycles. The van der Waals surface area contributed by atoms with E-state index in [1.807, 2.05) is 0 Å². The van der Waals surface area contributed by atoms with Crippen molar-refractivity contribution in [2.24, 2.45) is 0 Å². The highest BCUT2D eigenvalue weighted by Gasteiger charge is 2.09. The number of alkyl halides is 1. The third-order valence-corrected chi connectivity index (χ3v) is 6.08. The molecular weight excluding hydrogens is 370 g/mol. The van der Waals surface area contributed by atoms with E-state index in [9.17, 15) is 0 Å². The maximum absolute atomic E-state index is 3.69. The van der Waals surface area contributed by atoms with Gasteiger partial charge in [-0.1, -0.05) is 131 Å². The van der Waals surface area contributed by atoms with Crippen molar-refractivity contribution in [3.05, 3.63) is 24.4 Å². The van der Waals surface area contributed by atoms with Crippen molar-refractivity contribution in [1.29, 1.82) is 0 Å². The Morgan fingerprint density at radius 3 is 1.52 bits per heavy atom. The predicted molar refractivity (Wildman–Crippen MR) is 117 cm³/mol. The zero-order valence-corrected chi connectivity index (χ0v) is 18.3. The van der Waals surface area contributed by atoms with Gasteiger partial charge in [0.15, 0.2) is 0 Å². The average molecular weight is 412 g/mol. The number of unbranched alkanes of at least 4 members (excludes halogenated alkanes) is 15. The van der Waals surface area contributed by atoms with Crippen LogP contribution in [0.5, 0.6) is 0 Å². The van der Waals surface area contributed by atoms with Gasteiger partial charge in [0.1, 0.15) is 4.95 Å². The molecule has 1 unspecified atom stereocenters. The van der Waals surface area contributed by atoms with Crippen LogP contribution in [0.2, 0.25) is 0 Å². The lowest BCUT2D eigenvalue weighted by Gasteiger charge is -2.25. The molecule has 0 saturated heterocycles. The molecule has 0 saturated carbocycles. The Balaban J connectivity index is 1.72. The van der Waals surface area contributed by atoms with Crippen molar-refractivity contribution in [3.63, 3.8) is 0 Å². The Morgan fingerprint density at radius 1 is 0.640 bits per heavy atom. The maximum atomic E-state index is 3.69. The van der Waals surface area contributed by atoms with E-state index >= 15 is 0 Å². The number of nitrogens with zero attached hydrogens (tertiary/aromatic N) is 1. The molecule has 0 aromatic heterocycles. The first-order chi connectivity index (χ1) is 12.3. The van der Waals surface area contributed by atoms with Gasteiger partial charge >= 0.3 is 0 Å². The third-order valence-electron chi connectivity index (χ3n) is 5.25. The van der Waals surface area contributed by atoms with E-state index in [1.165, 1.54) is 109 Å². The minimum absolute atomic E-state index is 0.397. The SMILES string of the molecule is CCCCCCCCCCCCCCCCCCN1C=CC=CC1Br. The second-order valence-corrected chi connectivity index (χ2v) is 8.58. The van der Waals surface area contributed by atoms with E-state index < -0.39 is 0 Å². The van der Waals surface area contributed by atoms with Crippen molar-refractivity contribution in [1.82, 2.24) is 4.90 Å². The van der Waals surface area contributed by atoms with Crippen molar-refractivity contribution in [2.75, 3.05) is 6.54 Å². The predicted octanol–water partition coefficient (Wildman–Crippen LogP) is 8.35. The number of hydrogen-bond donors (Lipinski definition) is 0. The van der Waals surface area contributed by atoms with Gasteiger partial charge in [0.25, 0.3) is 0 Å². The molecule has 0 radical (unpaired) electrons. The fourth-order valence-corrected chi connectivity index (χ4v) is 4.07. The van der Waals surface area contributed by atoms with Crippen molar-refractivity contribution in [3.8, 4) is 0 Å². The van der Waals surface area contributed by atoms with Gasteiger partial charge in [-0.05, 0) is 12.5 Å². The molecule has 146 valence electrons. The molecule has 1 atom stereocenters. The van der Waals surface area contributed by atoms with Crippen LogP contribution in [-0.4, -0.2) is 16.4 Å². The topological polar surface area (TPSA) is 3.24 Å². The van der Waals surface area contributed by atoms with Gasteiger partial charge in [0, 0.05) is 12.7 Å². The molecule has 0 fully saturated rings. The van der Waals surface area contributed by atoms with E-state index in [0.29, 0.717) is 4.95 Å². The summed E-state index contributed by atoms with van der Waals surface area (Å²) in [7, 11) is 0. The van der Waals surface area contributed by atoms with Gasteiger partial charge in [0.2, 0.25) is 0 Å². The highest BCUT2D eigenvalue weighted by molar-refractivity contribution is 9.09. The van der Waals surface area contributed by atoms with Crippen molar-refractivity contribution >= 4 is 15.9 Å². The molecule has 1 nitrogen and oxygen atoms in total. The van der Waals surface area contributed by atoms with Crippen LogP contribution in [0.3, 0.4) is 0 Å². The van der Waals surface area contributed by atoms with E-state index in [-0.39, 0.29) is 0 Å². The molecule has 25 heavy (non-hydrogen) atoms. The second-order valence-electron chi connectivity index (χ2n) is 7.64. The molecule has 1 aliphatic heterocycles. The zero-order chi connectivity index (χ0) is 18.0. The first-order valence-corrected chi connectivity index (χ1v) is 12.0. The maximum Gasteiger partial charge on any atom is 0.103 e. The lowest BCUT2D eigenvalue weighted by Crippen LogP contribution is -2.26. The van der Waals surface area contributed by atoms with E-state index in [1.54, 1.807) is 0 Å². The molecule has 0 N–H and O–H groups in total. The first kappa shape index (κ1) is 22.8. The molecule has 0 bridgehead atoms. The molecule has 0 spiro atoms. The van der Waals surface area contributed by atoms with Gasteiger partial charge in [-0.15, -0.1) is 0 Å². The van der Waals surface area contributed by atoms with Crippen LogP contribution >= 0.6 is 15.9 Å². The summed E-state index contributed by atoms with van der Waals surface area (Å²) in [5, 5.41) is 0. The lowest BCUT2D eigenvalue weighted by molar-refractivity contribution is 0.375. The molecule has 1 rings (SSSR count). The van der Waals surface area contributed by atoms with Crippen LogP contribution < -0.4 is 0 Å². The Labute approximate surface area is 166 Å². The van der Waals surface area contributed by atoms with Gasteiger partial charge in [-0.3, -0.25) is 0 Å². The average Bonchev–Trinajstić information content (AvgIpc) is 2.63. The molecule has 0 amide bonds. The normalized spacial score (nSPS) is 16.7. The minimum Gasteiger partial charge on any atom is -0.362 e. The van der Waals surface area contributed by atoms with Crippen LogP contribution in [-0.2, 0) is 0 Å². The van der Waals surface area contributed by atoms with E-state index in [0.717, 1.165) is 0 Å². The molecule has 1 aliphatic rings. The van der Waals surface area contributed by atoms with Crippen LogP contribution in [0.4, 0.5) is 0 Å². The largest absolute Gasteiger partial charge is 0.362 e. The lowest BCUT2D eigenvalue weighted by atomic mass is 10.0. The smallest absolute Gasteiger partial charge is 0.103 e. The molecule has 1 heterocycles. The molecule has 0 aromatic rings. The van der Waals surface area contributed by atoms with Crippen LogP contribution in [0.25, 0.3) is 0 Å². The highest BCUT2D eigenvalue weighted by atomic mass is 79.9. The quantitative estimate of drug-likeness (QED) is 0.132. The zero-order valence-electron chi connectivity index (χ0n) is 16.7. The van der Waals surface area contributed by atoms with Crippen molar-refractivity contribution in [2.45, 2.75) is 115 Å². The highest BCUT2D eigenvalue weighted by Crippen LogP contribution is 2.16. The molecular formula is C23H42BrN. The van der Waals surface area contributed by atoms with Gasteiger partial charge < -0.3 is 4.90 Å². The summed E-state index contributed by atoms with van der Waals surface area (Å²) in [6, 6.07) is 0. The number of halogens is 1. The van der Waals surface area contributed by atoms with Gasteiger partial charge in [-0.25, -0.2) is 0 Å². The van der Waals surface area contributed by atoms with Crippen LogP contribution in [0.1, 0.15) is 110 Å². The summed E-state index contributed by atoms with van der Waals surface area (Å²) in [6.45, 7) is 3.47. The number of rotatable bonds is 17. The monoisotopic (exact) mass is 411 g/mol. The standard InChI is InChI=1S/C23H42BrN/c1-2-3-4-5-6-7-8-9-10-11-12-13-14-15-16-18-21-25-22-19-17-20-23(25)24/h17,19-20,22-23H,2-16,18,21H2,1H3. The van der Waals surface area contributed by atoms with Crippen LogP contribution in [0, 0.1) is 0 Å². The summed E-state index contributed by atoms with van der Waals surface area (Å²) in [5.74, 6) is 0. The third kappa shape index (κ3) is 13.6. The number of allylic oxidation sites excluding steroid dienone is 2. The van der Waals surface area contributed by atoms with Crippen LogP contribution in [0.15, 0.2) is 24.4 Å². The molecule has 2 heteroatoms. The number of hydrogen-bond acceptors (Lipinski definition) is 1. The Hall–Kier alpha value is -0.240. The Morgan fingerprint density at radius 2 is 1.08 bits per heavy atom. The Kier molecular flexibility index (Phi) is 15.7.